The Balaban J connectivity index is 2.68. The van der Waals surface area contributed by atoms with E-state index in [1.165, 1.54) is 11.1 Å². The van der Waals surface area contributed by atoms with Crippen molar-refractivity contribution in [1.82, 2.24) is 9.55 Å². The maximum atomic E-state index is 6.23. The second-order valence-corrected chi connectivity index (χ2v) is 4.78. The molecule has 1 aromatic carbocycles. The van der Waals surface area contributed by atoms with E-state index >= 15 is 0 Å². The quantitative estimate of drug-likeness (QED) is 0.843. The van der Waals surface area contributed by atoms with Gasteiger partial charge in [0, 0.05) is 12.6 Å². The largest absolute Gasteiger partial charge is 0.369 e. The highest BCUT2D eigenvalue weighted by Crippen LogP contribution is 2.32. The van der Waals surface area contributed by atoms with Gasteiger partial charge in [0.15, 0.2) is 0 Å². The predicted molar refractivity (Wildman–Crippen MR) is 72.3 cm³/mol. The van der Waals surface area contributed by atoms with Gasteiger partial charge in [-0.15, -0.1) is 0 Å². The molecule has 0 unspecified atom stereocenters. The van der Waals surface area contributed by atoms with Crippen LogP contribution in [-0.2, 0) is 7.05 Å². The summed E-state index contributed by atoms with van der Waals surface area (Å²) in [6.45, 7) is 6.24. The number of aromatic nitrogens is 2. The van der Waals surface area contributed by atoms with E-state index in [-0.39, 0.29) is 0 Å². The van der Waals surface area contributed by atoms with Crippen LogP contribution in [0.2, 0.25) is 5.15 Å². The Bertz CT molecular complexity index is 585. The average molecular weight is 250 g/mol. The van der Waals surface area contributed by atoms with Crippen molar-refractivity contribution in [2.75, 3.05) is 5.73 Å². The lowest BCUT2D eigenvalue weighted by Gasteiger charge is -2.08. The highest BCUT2D eigenvalue weighted by Gasteiger charge is 2.15. The molecule has 0 saturated carbocycles. The van der Waals surface area contributed by atoms with Crippen LogP contribution in [0, 0.1) is 20.8 Å². The Labute approximate surface area is 106 Å². The molecule has 0 saturated heterocycles. The molecule has 2 rings (SSSR count). The number of anilines is 1. The van der Waals surface area contributed by atoms with Crippen molar-refractivity contribution in [3.8, 4) is 11.3 Å². The maximum absolute atomic E-state index is 6.23. The molecular formula is C13H16ClN3. The third-order valence-corrected chi connectivity index (χ3v) is 3.59. The Morgan fingerprint density at radius 2 is 1.71 bits per heavy atom. The SMILES string of the molecule is Cc1cc(C)c(-c2nc(N)n(C)c2Cl)cc1C. The number of nitrogens with two attached hydrogens (primary N) is 1. The summed E-state index contributed by atoms with van der Waals surface area (Å²) in [7, 11) is 1.81. The summed E-state index contributed by atoms with van der Waals surface area (Å²) in [4.78, 5) is 4.32. The highest BCUT2D eigenvalue weighted by molar-refractivity contribution is 6.32. The number of nitrogens with zero attached hydrogens (tertiary/aromatic N) is 2. The molecule has 0 aliphatic carbocycles. The molecule has 0 spiro atoms. The van der Waals surface area contributed by atoms with Crippen molar-refractivity contribution in [2.24, 2.45) is 7.05 Å². The lowest BCUT2D eigenvalue weighted by Crippen LogP contribution is -1.96. The first-order valence-corrected chi connectivity index (χ1v) is 5.85. The van der Waals surface area contributed by atoms with Crippen LogP contribution in [0.5, 0.6) is 0 Å². The third kappa shape index (κ3) is 1.91. The summed E-state index contributed by atoms with van der Waals surface area (Å²) < 4.78 is 1.69. The molecule has 0 radical (unpaired) electrons. The zero-order chi connectivity index (χ0) is 12.7. The molecule has 0 fully saturated rings. The summed E-state index contributed by atoms with van der Waals surface area (Å²) in [5, 5.41) is 0.578. The third-order valence-electron chi connectivity index (χ3n) is 3.16. The van der Waals surface area contributed by atoms with Crippen molar-refractivity contribution in [3.63, 3.8) is 0 Å². The van der Waals surface area contributed by atoms with Gasteiger partial charge in [0.2, 0.25) is 5.95 Å². The van der Waals surface area contributed by atoms with Gasteiger partial charge in [0.25, 0.3) is 0 Å². The van der Waals surface area contributed by atoms with Crippen molar-refractivity contribution in [3.05, 3.63) is 34.0 Å². The summed E-state index contributed by atoms with van der Waals surface area (Å²) in [5.74, 6) is 0.433. The van der Waals surface area contributed by atoms with Crippen LogP contribution in [-0.4, -0.2) is 9.55 Å². The molecule has 4 heteroatoms. The molecule has 0 aliphatic heterocycles. The molecule has 2 N–H and O–H groups in total. The number of nitrogen functional groups attached to an aromatic ring is 1. The lowest BCUT2D eigenvalue weighted by molar-refractivity contribution is 0.931. The smallest absolute Gasteiger partial charge is 0.201 e. The molecule has 90 valence electrons. The van der Waals surface area contributed by atoms with Crippen molar-refractivity contribution >= 4 is 17.5 Å². The average Bonchev–Trinajstić information content (AvgIpc) is 2.51. The zero-order valence-corrected chi connectivity index (χ0v) is 11.3. The standard InChI is InChI=1S/C13H16ClN3/c1-7-5-9(3)10(6-8(7)2)11-12(14)17(4)13(15)16-11/h5-6H,1-4H3,(H2,15,16). The van der Waals surface area contributed by atoms with E-state index in [0.29, 0.717) is 11.1 Å². The Morgan fingerprint density at radius 3 is 2.24 bits per heavy atom. The normalized spacial score (nSPS) is 10.9. The first kappa shape index (κ1) is 12.0. The molecular weight excluding hydrogens is 234 g/mol. The van der Waals surface area contributed by atoms with Gasteiger partial charge >= 0.3 is 0 Å². The van der Waals surface area contributed by atoms with Crippen LogP contribution >= 0.6 is 11.6 Å². The van der Waals surface area contributed by atoms with E-state index in [1.807, 2.05) is 7.05 Å². The van der Waals surface area contributed by atoms with E-state index < -0.39 is 0 Å². The molecule has 3 nitrogen and oxygen atoms in total. The van der Waals surface area contributed by atoms with E-state index in [0.717, 1.165) is 16.8 Å². The molecule has 2 aromatic rings. The Hall–Kier alpha value is -1.48. The summed E-state index contributed by atoms with van der Waals surface area (Å²) in [5.41, 5.74) is 11.2. The van der Waals surface area contributed by atoms with Gasteiger partial charge in [-0.3, -0.25) is 0 Å². The van der Waals surface area contributed by atoms with Crippen LogP contribution in [0.1, 0.15) is 16.7 Å². The topological polar surface area (TPSA) is 43.8 Å². The molecule has 1 aromatic heterocycles. The number of benzene rings is 1. The predicted octanol–water partition coefficient (Wildman–Crippen LogP) is 3.25. The minimum absolute atomic E-state index is 0.433. The van der Waals surface area contributed by atoms with Gasteiger partial charge in [-0.1, -0.05) is 17.7 Å². The van der Waals surface area contributed by atoms with Crippen LogP contribution < -0.4 is 5.73 Å². The van der Waals surface area contributed by atoms with Gasteiger partial charge in [0.1, 0.15) is 10.8 Å². The number of hydrogen-bond donors (Lipinski definition) is 1. The second-order valence-electron chi connectivity index (χ2n) is 4.42. The Kier molecular flexibility index (Phi) is 2.87. The first-order chi connectivity index (χ1) is 7.91. The maximum Gasteiger partial charge on any atom is 0.201 e. The van der Waals surface area contributed by atoms with Gasteiger partial charge in [-0.2, -0.15) is 0 Å². The fraction of sp³-hybridized carbons (Fsp3) is 0.308. The van der Waals surface area contributed by atoms with Crippen LogP contribution in [0.25, 0.3) is 11.3 Å². The van der Waals surface area contributed by atoms with Crippen molar-refractivity contribution < 1.29 is 0 Å². The molecule has 1 heterocycles. The molecule has 17 heavy (non-hydrogen) atoms. The minimum Gasteiger partial charge on any atom is -0.369 e. The van der Waals surface area contributed by atoms with E-state index in [2.05, 4.69) is 37.9 Å². The second kappa shape index (κ2) is 4.08. The molecule has 0 amide bonds. The van der Waals surface area contributed by atoms with Gasteiger partial charge in [-0.05, 0) is 43.5 Å². The highest BCUT2D eigenvalue weighted by atomic mass is 35.5. The first-order valence-electron chi connectivity index (χ1n) is 5.47. The zero-order valence-electron chi connectivity index (χ0n) is 10.5. The van der Waals surface area contributed by atoms with Crippen molar-refractivity contribution in [1.29, 1.82) is 0 Å². The van der Waals surface area contributed by atoms with Crippen LogP contribution in [0.15, 0.2) is 12.1 Å². The summed E-state index contributed by atoms with van der Waals surface area (Å²) in [6.07, 6.45) is 0. The number of imidazole rings is 1. The number of rotatable bonds is 1. The molecule has 0 atom stereocenters. The fourth-order valence-electron chi connectivity index (χ4n) is 1.88. The van der Waals surface area contributed by atoms with Crippen molar-refractivity contribution in [2.45, 2.75) is 20.8 Å². The minimum atomic E-state index is 0.433. The molecule has 0 aliphatic rings. The fourth-order valence-corrected chi connectivity index (χ4v) is 2.11. The van der Waals surface area contributed by atoms with E-state index in [1.54, 1.807) is 4.57 Å². The monoisotopic (exact) mass is 249 g/mol. The number of aryl methyl sites for hydroxylation is 3. The van der Waals surface area contributed by atoms with E-state index in [9.17, 15) is 0 Å². The molecule has 0 bridgehead atoms. The number of hydrogen-bond acceptors (Lipinski definition) is 2. The van der Waals surface area contributed by atoms with E-state index in [4.69, 9.17) is 17.3 Å². The number of halogens is 1. The van der Waals surface area contributed by atoms with Gasteiger partial charge in [0.05, 0.1) is 0 Å². The van der Waals surface area contributed by atoms with Crippen LogP contribution in [0.4, 0.5) is 5.95 Å². The van der Waals surface area contributed by atoms with Gasteiger partial charge in [-0.25, -0.2) is 4.98 Å². The lowest BCUT2D eigenvalue weighted by atomic mass is 9.99. The summed E-state index contributed by atoms with van der Waals surface area (Å²) >= 11 is 6.23. The van der Waals surface area contributed by atoms with Gasteiger partial charge < -0.3 is 10.3 Å². The summed E-state index contributed by atoms with van der Waals surface area (Å²) in [6, 6.07) is 4.25. The van der Waals surface area contributed by atoms with Crippen LogP contribution in [0.3, 0.4) is 0 Å². The Morgan fingerprint density at radius 1 is 1.12 bits per heavy atom.